The van der Waals surface area contributed by atoms with Crippen LogP contribution in [0.15, 0.2) is 42.5 Å². The van der Waals surface area contributed by atoms with Gasteiger partial charge in [0.25, 0.3) is 0 Å². The number of carboxylic acids is 1. The molecule has 0 saturated heterocycles. The van der Waals surface area contributed by atoms with Crippen LogP contribution in [0.1, 0.15) is 39.2 Å². The van der Waals surface area contributed by atoms with Crippen molar-refractivity contribution in [3.8, 4) is 5.75 Å². The monoisotopic (exact) mass is 367 g/mol. The van der Waals surface area contributed by atoms with Gasteiger partial charge in [-0.05, 0) is 50.3 Å². The molecule has 0 fully saturated rings. The Bertz CT molecular complexity index is 766. The Labute approximate surface area is 174 Å². The fourth-order valence-electron chi connectivity index (χ4n) is 2.73. The molecule has 0 amide bonds. The fraction of sp³-hybridized carbons (Fsp3) is 0.316. The molecule has 1 aliphatic heterocycles. The first kappa shape index (κ1) is 20.3. The van der Waals surface area contributed by atoms with Gasteiger partial charge in [-0.3, -0.25) is 4.90 Å². The van der Waals surface area contributed by atoms with Crippen LogP contribution in [-0.4, -0.2) is 65.0 Å². The van der Waals surface area contributed by atoms with E-state index in [1.54, 1.807) is 30.0 Å². The molecular formula is C19H22NNaO3S. The van der Waals surface area contributed by atoms with E-state index in [0.717, 1.165) is 16.9 Å². The molecule has 0 aliphatic carbocycles. The van der Waals surface area contributed by atoms with Crippen molar-refractivity contribution >= 4 is 47.3 Å². The number of carboxylic acid groups (broad SMARTS) is 1. The van der Waals surface area contributed by atoms with Crippen molar-refractivity contribution in [1.82, 2.24) is 4.90 Å². The Hall–Kier alpha value is -0.980. The quantitative estimate of drug-likeness (QED) is 0.663. The summed E-state index contributed by atoms with van der Waals surface area (Å²) in [6.45, 7) is 2.66. The van der Waals surface area contributed by atoms with Crippen LogP contribution in [0.5, 0.6) is 5.75 Å². The van der Waals surface area contributed by atoms with Gasteiger partial charge < -0.3 is 9.84 Å². The van der Waals surface area contributed by atoms with Crippen LogP contribution in [0.25, 0.3) is 0 Å². The molecule has 0 saturated carbocycles. The predicted molar refractivity (Wildman–Crippen MR) is 104 cm³/mol. The number of hydrogen-bond donors (Lipinski definition) is 1. The van der Waals surface area contributed by atoms with Crippen molar-refractivity contribution in [2.45, 2.75) is 24.2 Å². The molecule has 0 bridgehead atoms. The number of benzene rings is 2. The zero-order valence-electron chi connectivity index (χ0n) is 14.0. The van der Waals surface area contributed by atoms with Crippen LogP contribution < -0.4 is 4.74 Å². The average Bonchev–Trinajstić information content (AvgIpc) is 2.72. The Morgan fingerprint density at radius 2 is 1.96 bits per heavy atom. The number of hydrogen-bond acceptors (Lipinski definition) is 4. The number of nitrogens with zero attached hydrogens (tertiary/aromatic N) is 1. The summed E-state index contributed by atoms with van der Waals surface area (Å²) in [6.07, 6.45) is 0. The van der Waals surface area contributed by atoms with E-state index in [-0.39, 0.29) is 40.2 Å². The third kappa shape index (κ3) is 4.41. The predicted octanol–water partition coefficient (Wildman–Crippen LogP) is 3.36. The minimum absolute atomic E-state index is 0. The molecule has 1 heterocycles. The van der Waals surface area contributed by atoms with Crippen LogP contribution in [0.4, 0.5) is 0 Å². The van der Waals surface area contributed by atoms with E-state index in [2.05, 4.69) is 24.0 Å². The second-order valence-electron chi connectivity index (χ2n) is 6.12. The van der Waals surface area contributed by atoms with Crippen molar-refractivity contribution in [3.05, 3.63) is 64.7 Å². The van der Waals surface area contributed by atoms with Gasteiger partial charge in [0.05, 0.1) is 16.2 Å². The summed E-state index contributed by atoms with van der Waals surface area (Å²) < 4.78 is 5.96. The van der Waals surface area contributed by atoms with Crippen LogP contribution in [0.3, 0.4) is 0 Å². The van der Waals surface area contributed by atoms with Gasteiger partial charge in [-0.15, -0.1) is 11.8 Å². The van der Waals surface area contributed by atoms with Crippen molar-refractivity contribution in [3.63, 3.8) is 0 Å². The van der Waals surface area contributed by atoms with Crippen molar-refractivity contribution < 1.29 is 14.6 Å². The zero-order chi connectivity index (χ0) is 17.3. The summed E-state index contributed by atoms with van der Waals surface area (Å²) >= 11 is 1.80. The fourth-order valence-corrected chi connectivity index (χ4v) is 4.07. The molecule has 1 N–H and O–H groups in total. The Morgan fingerprint density at radius 3 is 2.64 bits per heavy atom. The number of ether oxygens (including phenoxy) is 1. The molecule has 2 atom stereocenters. The SMILES string of the molecule is CC(SC1c2ccccc2COc2ccc(C(=O)O)cc21)N(C)C.[NaH]. The molecule has 128 valence electrons. The van der Waals surface area contributed by atoms with Crippen molar-refractivity contribution in [2.24, 2.45) is 0 Å². The van der Waals surface area contributed by atoms with Gasteiger partial charge in [0.15, 0.2) is 0 Å². The third-order valence-corrected chi connectivity index (χ3v) is 5.92. The van der Waals surface area contributed by atoms with Gasteiger partial charge in [0.1, 0.15) is 12.4 Å². The van der Waals surface area contributed by atoms with Gasteiger partial charge in [0, 0.05) is 5.56 Å². The standard InChI is InChI=1S/C19H21NO3S.Na.H/c1-12(20(2)3)24-18-15-7-5-4-6-14(15)11-23-17-9-8-13(19(21)22)10-16(17)18;;/h4-10,12,18H,11H2,1-3H3,(H,21,22);;. The molecule has 3 rings (SSSR count). The molecular weight excluding hydrogens is 345 g/mol. The van der Waals surface area contributed by atoms with E-state index >= 15 is 0 Å². The summed E-state index contributed by atoms with van der Waals surface area (Å²) in [5.74, 6) is -0.153. The summed E-state index contributed by atoms with van der Waals surface area (Å²) in [5.41, 5.74) is 3.56. The normalized spacial score (nSPS) is 16.7. The number of fused-ring (bicyclic) bond motifs is 2. The number of thioether (sulfide) groups is 1. The molecule has 0 spiro atoms. The zero-order valence-corrected chi connectivity index (χ0v) is 14.8. The average molecular weight is 367 g/mol. The van der Waals surface area contributed by atoms with Gasteiger partial charge in [-0.2, -0.15) is 0 Å². The van der Waals surface area contributed by atoms with Gasteiger partial charge in [0.2, 0.25) is 0 Å². The van der Waals surface area contributed by atoms with Gasteiger partial charge in [-0.1, -0.05) is 24.3 Å². The van der Waals surface area contributed by atoms with Crippen LogP contribution in [-0.2, 0) is 6.61 Å². The van der Waals surface area contributed by atoms with E-state index in [4.69, 9.17) is 4.74 Å². The molecule has 6 heteroatoms. The van der Waals surface area contributed by atoms with E-state index in [9.17, 15) is 9.90 Å². The first-order valence-corrected chi connectivity index (χ1v) is 8.81. The first-order chi connectivity index (χ1) is 11.5. The number of aromatic carboxylic acids is 1. The first-order valence-electron chi connectivity index (χ1n) is 7.87. The topological polar surface area (TPSA) is 49.8 Å². The minimum atomic E-state index is -0.917. The third-order valence-electron chi connectivity index (χ3n) is 4.32. The molecule has 4 nitrogen and oxygen atoms in total. The molecule has 1 aliphatic rings. The van der Waals surface area contributed by atoms with Gasteiger partial charge >= 0.3 is 35.5 Å². The Balaban J connectivity index is 0.00000225. The van der Waals surface area contributed by atoms with E-state index < -0.39 is 5.97 Å². The van der Waals surface area contributed by atoms with E-state index in [1.165, 1.54) is 5.56 Å². The van der Waals surface area contributed by atoms with E-state index in [0.29, 0.717) is 12.2 Å². The maximum absolute atomic E-state index is 11.4. The number of carbonyl (C=O) groups is 1. The van der Waals surface area contributed by atoms with Gasteiger partial charge in [-0.25, -0.2) is 4.79 Å². The molecule has 0 radical (unpaired) electrons. The summed E-state index contributed by atoms with van der Waals surface area (Å²) in [6, 6.07) is 13.4. The molecule has 2 unspecified atom stereocenters. The Kier molecular flexibility index (Phi) is 7.00. The molecule has 2 aromatic carbocycles. The number of rotatable bonds is 4. The molecule has 0 aromatic heterocycles. The van der Waals surface area contributed by atoms with Crippen molar-refractivity contribution in [1.29, 1.82) is 0 Å². The van der Waals surface area contributed by atoms with Crippen LogP contribution >= 0.6 is 11.8 Å². The van der Waals surface area contributed by atoms with Crippen molar-refractivity contribution in [2.75, 3.05) is 14.1 Å². The Morgan fingerprint density at radius 1 is 1.24 bits per heavy atom. The second-order valence-corrected chi connectivity index (χ2v) is 7.55. The summed E-state index contributed by atoms with van der Waals surface area (Å²) in [4.78, 5) is 13.6. The van der Waals surface area contributed by atoms with E-state index in [1.807, 2.05) is 26.2 Å². The van der Waals surface area contributed by atoms with Crippen LogP contribution in [0.2, 0.25) is 0 Å². The summed E-state index contributed by atoms with van der Waals surface area (Å²) in [7, 11) is 4.09. The molecule has 2 aromatic rings. The van der Waals surface area contributed by atoms with Crippen LogP contribution in [0, 0.1) is 0 Å². The summed E-state index contributed by atoms with van der Waals surface area (Å²) in [5, 5.41) is 9.67. The molecule has 25 heavy (non-hydrogen) atoms. The second kappa shape index (κ2) is 8.60. The maximum atomic E-state index is 11.4.